The highest BCUT2D eigenvalue weighted by Gasteiger charge is 2.36. The molecule has 0 unspecified atom stereocenters. The molecule has 1 N–H and O–H groups in total. The topological polar surface area (TPSA) is 83.7 Å². The van der Waals surface area contributed by atoms with E-state index in [9.17, 15) is 28.1 Å². The number of halogens is 3. The maximum atomic E-state index is 12.6. The standard InChI is InChI=1S/C12H13F3N2O4/c1-7(2)16(6-12(13,14)15)9-5-3-4-8(11(18)19)10(9)17(20)21/h3-5,7H,6H2,1-2H3,(H,18,19). The average Bonchev–Trinajstić information content (AvgIpc) is 2.33. The number of hydrogen-bond acceptors (Lipinski definition) is 4. The van der Waals surface area contributed by atoms with Crippen LogP contribution in [0.2, 0.25) is 0 Å². The molecular formula is C12H13F3N2O4. The number of benzene rings is 1. The number of para-hydroxylation sites is 1. The molecule has 21 heavy (non-hydrogen) atoms. The molecule has 6 nitrogen and oxygen atoms in total. The summed E-state index contributed by atoms with van der Waals surface area (Å²) in [5, 5.41) is 20.0. The zero-order valence-electron chi connectivity index (χ0n) is 11.2. The number of carboxylic acids is 1. The molecule has 0 spiro atoms. The van der Waals surface area contributed by atoms with Gasteiger partial charge in [0.05, 0.1) is 4.92 Å². The number of nitro benzene ring substituents is 1. The molecule has 0 radical (unpaired) electrons. The Hall–Kier alpha value is -2.32. The van der Waals surface area contributed by atoms with E-state index in [1.54, 1.807) is 0 Å². The van der Waals surface area contributed by atoms with E-state index in [0.717, 1.165) is 17.0 Å². The van der Waals surface area contributed by atoms with Gasteiger partial charge in [0.2, 0.25) is 0 Å². The van der Waals surface area contributed by atoms with Crippen molar-refractivity contribution >= 4 is 17.3 Å². The minimum absolute atomic E-state index is 0.368. The summed E-state index contributed by atoms with van der Waals surface area (Å²) in [5.74, 6) is -1.57. The summed E-state index contributed by atoms with van der Waals surface area (Å²) < 4.78 is 37.8. The molecule has 0 aromatic heterocycles. The van der Waals surface area contributed by atoms with Gasteiger partial charge in [-0.3, -0.25) is 10.1 Å². The first-order chi connectivity index (χ1) is 9.54. The zero-order valence-corrected chi connectivity index (χ0v) is 11.2. The lowest BCUT2D eigenvalue weighted by Crippen LogP contribution is -2.39. The normalized spacial score (nSPS) is 11.5. The summed E-state index contributed by atoms with van der Waals surface area (Å²) in [6.07, 6.45) is -4.57. The number of alkyl halides is 3. The van der Waals surface area contributed by atoms with Gasteiger partial charge >= 0.3 is 17.8 Å². The van der Waals surface area contributed by atoms with E-state index in [4.69, 9.17) is 5.11 Å². The van der Waals surface area contributed by atoms with Crippen molar-refractivity contribution in [2.24, 2.45) is 0 Å². The predicted octanol–water partition coefficient (Wildman–Crippen LogP) is 3.07. The highest BCUT2D eigenvalue weighted by molar-refractivity contribution is 5.95. The van der Waals surface area contributed by atoms with Crippen LogP contribution in [-0.4, -0.2) is 34.8 Å². The number of carbonyl (C=O) groups is 1. The van der Waals surface area contributed by atoms with Gasteiger partial charge in [0.15, 0.2) is 0 Å². The lowest BCUT2D eigenvalue weighted by Gasteiger charge is -2.29. The monoisotopic (exact) mass is 306 g/mol. The van der Waals surface area contributed by atoms with Gasteiger partial charge in [0, 0.05) is 6.04 Å². The van der Waals surface area contributed by atoms with Crippen molar-refractivity contribution in [3.8, 4) is 0 Å². The number of rotatable bonds is 5. The van der Waals surface area contributed by atoms with Crippen molar-refractivity contribution in [3.05, 3.63) is 33.9 Å². The van der Waals surface area contributed by atoms with E-state index in [1.807, 2.05) is 0 Å². The molecule has 0 heterocycles. The number of hydrogen-bond donors (Lipinski definition) is 1. The highest BCUT2D eigenvalue weighted by atomic mass is 19.4. The average molecular weight is 306 g/mol. The van der Waals surface area contributed by atoms with E-state index >= 15 is 0 Å². The second kappa shape index (κ2) is 5.98. The predicted molar refractivity (Wildman–Crippen MR) is 68.6 cm³/mol. The second-order valence-electron chi connectivity index (χ2n) is 4.57. The van der Waals surface area contributed by atoms with Crippen molar-refractivity contribution in [2.45, 2.75) is 26.1 Å². The van der Waals surface area contributed by atoms with E-state index in [-0.39, 0.29) is 5.69 Å². The molecule has 9 heteroatoms. The van der Waals surface area contributed by atoms with Crippen molar-refractivity contribution in [1.29, 1.82) is 0 Å². The number of aromatic carboxylic acids is 1. The molecule has 0 amide bonds. The van der Waals surface area contributed by atoms with Crippen LogP contribution >= 0.6 is 0 Å². The summed E-state index contributed by atoms with van der Waals surface area (Å²) in [6.45, 7) is 1.46. The molecule has 0 fully saturated rings. The van der Waals surface area contributed by atoms with Crippen LogP contribution in [0.4, 0.5) is 24.5 Å². The largest absolute Gasteiger partial charge is 0.477 e. The van der Waals surface area contributed by atoms with Crippen LogP contribution in [0.1, 0.15) is 24.2 Å². The number of anilines is 1. The van der Waals surface area contributed by atoms with Crippen LogP contribution < -0.4 is 4.90 Å². The van der Waals surface area contributed by atoms with Crippen LogP contribution in [0, 0.1) is 10.1 Å². The molecule has 1 aromatic carbocycles. The van der Waals surface area contributed by atoms with E-state index in [1.165, 1.54) is 19.9 Å². The molecule has 1 rings (SSSR count). The summed E-state index contributed by atoms with van der Waals surface area (Å²) in [6, 6.07) is 2.57. The molecule has 116 valence electrons. The Morgan fingerprint density at radius 2 is 2.00 bits per heavy atom. The first-order valence-electron chi connectivity index (χ1n) is 5.88. The quantitative estimate of drug-likeness (QED) is 0.667. The first kappa shape index (κ1) is 16.7. The maximum absolute atomic E-state index is 12.6. The van der Waals surface area contributed by atoms with E-state index < -0.39 is 40.9 Å². The fourth-order valence-corrected chi connectivity index (χ4v) is 1.87. The number of nitrogens with zero attached hydrogens (tertiary/aromatic N) is 2. The lowest BCUT2D eigenvalue weighted by molar-refractivity contribution is -0.384. The van der Waals surface area contributed by atoms with E-state index in [2.05, 4.69) is 0 Å². The van der Waals surface area contributed by atoms with Gasteiger partial charge in [0.1, 0.15) is 17.8 Å². The van der Waals surface area contributed by atoms with Crippen LogP contribution in [0.15, 0.2) is 18.2 Å². The van der Waals surface area contributed by atoms with Crippen LogP contribution in [0.25, 0.3) is 0 Å². The molecule has 0 aliphatic rings. The Labute approximate surface area is 117 Å². The molecule has 0 saturated carbocycles. The third kappa shape index (κ3) is 4.07. The molecule has 0 saturated heterocycles. The van der Waals surface area contributed by atoms with Crippen LogP contribution in [0.3, 0.4) is 0 Å². The van der Waals surface area contributed by atoms with Crippen LogP contribution in [0.5, 0.6) is 0 Å². The molecule has 1 aromatic rings. The highest BCUT2D eigenvalue weighted by Crippen LogP contribution is 2.34. The van der Waals surface area contributed by atoms with Crippen molar-refractivity contribution in [1.82, 2.24) is 0 Å². The Bertz CT molecular complexity index is 558. The van der Waals surface area contributed by atoms with Gasteiger partial charge in [-0.15, -0.1) is 0 Å². The summed E-state index contributed by atoms with van der Waals surface area (Å²) in [5.41, 5.74) is -1.86. The lowest BCUT2D eigenvalue weighted by atomic mass is 10.1. The van der Waals surface area contributed by atoms with Crippen LogP contribution in [-0.2, 0) is 0 Å². The Morgan fingerprint density at radius 1 is 1.43 bits per heavy atom. The van der Waals surface area contributed by atoms with E-state index in [0.29, 0.717) is 0 Å². The van der Waals surface area contributed by atoms with Gasteiger partial charge in [-0.2, -0.15) is 13.2 Å². The minimum atomic E-state index is -4.57. The zero-order chi connectivity index (χ0) is 16.4. The Kier molecular flexibility index (Phi) is 4.77. The molecule has 0 aliphatic heterocycles. The maximum Gasteiger partial charge on any atom is 0.405 e. The van der Waals surface area contributed by atoms with Gasteiger partial charge in [-0.25, -0.2) is 4.79 Å². The van der Waals surface area contributed by atoms with Crippen molar-refractivity contribution in [2.75, 3.05) is 11.4 Å². The summed E-state index contributed by atoms with van der Waals surface area (Å²) in [7, 11) is 0. The summed E-state index contributed by atoms with van der Waals surface area (Å²) in [4.78, 5) is 21.9. The summed E-state index contributed by atoms with van der Waals surface area (Å²) >= 11 is 0. The molecule has 0 bridgehead atoms. The van der Waals surface area contributed by atoms with Crippen molar-refractivity contribution in [3.63, 3.8) is 0 Å². The number of carboxylic acid groups (broad SMARTS) is 1. The minimum Gasteiger partial charge on any atom is -0.477 e. The molecular weight excluding hydrogens is 293 g/mol. The van der Waals surface area contributed by atoms with Gasteiger partial charge in [-0.1, -0.05) is 6.07 Å². The Balaban J connectivity index is 3.48. The molecule has 0 atom stereocenters. The van der Waals surface area contributed by atoms with Gasteiger partial charge < -0.3 is 10.0 Å². The Morgan fingerprint density at radius 3 is 2.38 bits per heavy atom. The van der Waals surface area contributed by atoms with Gasteiger partial charge in [0.25, 0.3) is 0 Å². The SMILES string of the molecule is CC(C)N(CC(F)(F)F)c1cccc(C(=O)O)c1[N+](=O)[O-]. The second-order valence-corrected chi connectivity index (χ2v) is 4.57. The molecule has 0 aliphatic carbocycles. The smallest absolute Gasteiger partial charge is 0.405 e. The van der Waals surface area contributed by atoms with Gasteiger partial charge in [-0.05, 0) is 26.0 Å². The fourth-order valence-electron chi connectivity index (χ4n) is 1.87. The number of nitro groups is 1. The third-order valence-corrected chi connectivity index (χ3v) is 2.71. The van der Waals surface area contributed by atoms with Crippen molar-refractivity contribution < 1.29 is 28.0 Å². The fraction of sp³-hybridized carbons (Fsp3) is 0.417. The first-order valence-corrected chi connectivity index (χ1v) is 5.88. The third-order valence-electron chi connectivity index (χ3n) is 2.71.